The molecule has 160 valence electrons. The Kier molecular flexibility index (Phi) is 4.37. The van der Waals surface area contributed by atoms with Crippen LogP contribution in [0.3, 0.4) is 0 Å². The number of carbonyl (C=O) groups is 5. The fourth-order valence-electron chi connectivity index (χ4n) is 4.50. The lowest BCUT2D eigenvalue weighted by molar-refractivity contribution is -0.181. The summed E-state index contributed by atoms with van der Waals surface area (Å²) < 4.78 is 10.7. The molecule has 3 N–H and O–H groups in total. The number of carboxylic acid groups (broad SMARTS) is 1. The van der Waals surface area contributed by atoms with Gasteiger partial charge in [0.2, 0.25) is 11.6 Å². The molecular weight excluding hydrogens is 412 g/mol. The van der Waals surface area contributed by atoms with Gasteiger partial charge in [0, 0.05) is 24.7 Å². The number of aliphatic hydroxyl groups excluding tert-OH is 1. The maximum atomic E-state index is 13.1. The molecule has 0 saturated heterocycles. The SMILES string of the molecule is COC1C(O)=C(C(C)=O)C(=O)C2OC3=C(CC21C(=O)O)C(=O)c1cccc(O)c1C3=O. The Hall–Kier alpha value is -3.79. The van der Waals surface area contributed by atoms with E-state index in [0.29, 0.717) is 0 Å². The van der Waals surface area contributed by atoms with Crippen molar-refractivity contribution in [3.63, 3.8) is 0 Å². The summed E-state index contributed by atoms with van der Waals surface area (Å²) in [4.78, 5) is 63.5. The topological polar surface area (TPSA) is 164 Å². The van der Waals surface area contributed by atoms with Crippen molar-refractivity contribution in [2.45, 2.75) is 25.6 Å². The molecule has 0 spiro atoms. The molecule has 1 aliphatic heterocycles. The van der Waals surface area contributed by atoms with Gasteiger partial charge in [0.25, 0.3) is 0 Å². The number of aliphatic carboxylic acids is 1. The molecule has 31 heavy (non-hydrogen) atoms. The summed E-state index contributed by atoms with van der Waals surface area (Å²) >= 11 is 0. The van der Waals surface area contributed by atoms with Crippen molar-refractivity contribution >= 4 is 29.1 Å². The quantitative estimate of drug-likeness (QED) is 0.589. The number of ether oxygens (including phenoxy) is 2. The van der Waals surface area contributed by atoms with E-state index in [1.807, 2.05) is 0 Å². The molecule has 0 fully saturated rings. The second-order valence-corrected chi connectivity index (χ2v) is 7.48. The van der Waals surface area contributed by atoms with E-state index in [4.69, 9.17) is 9.47 Å². The molecule has 1 aromatic rings. The zero-order chi connectivity index (χ0) is 22.8. The third kappa shape index (κ3) is 2.45. The van der Waals surface area contributed by atoms with Crippen LogP contribution in [0.15, 0.2) is 40.9 Å². The van der Waals surface area contributed by atoms with Crippen LogP contribution in [-0.2, 0) is 23.9 Å². The number of aromatic hydroxyl groups is 1. The second kappa shape index (κ2) is 6.61. The number of fused-ring (bicyclic) bond motifs is 2. The van der Waals surface area contributed by atoms with Gasteiger partial charge in [0.15, 0.2) is 23.4 Å². The lowest BCUT2D eigenvalue weighted by Gasteiger charge is -2.47. The van der Waals surface area contributed by atoms with Crippen LogP contribution in [0, 0.1) is 5.41 Å². The molecule has 3 aliphatic rings. The lowest BCUT2D eigenvalue weighted by Crippen LogP contribution is -2.63. The minimum absolute atomic E-state index is 0.147. The number of rotatable bonds is 3. The Bertz CT molecular complexity index is 1170. The Balaban J connectivity index is 1.97. The van der Waals surface area contributed by atoms with Crippen LogP contribution in [-0.4, -0.2) is 63.7 Å². The summed E-state index contributed by atoms with van der Waals surface area (Å²) in [7, 11) is 1.07. The lowest BCUT2D eigenvalue weighted by atomic mass is 9.62. The number of benzene rings is 1. The molecule has 1 heterocycles. The van der Waals surface area contributed by atoms with Crippen LogP contribution >= 0.6 is 0 Å². The minimum atomic E-state index is -2.31. The summed E-state index contributed by atoms with van der Waals surface area (Å²) in [5.41, 5.74) is -3.80. The molecule has 2 aliphatic carbocycles. The number of Topliss-reactive ketones (excluding diaryl/α,β-unsaturated/α-hetero) is 4. The molecule has 4 rings (SSSR count). The predicted molar refractivity (Wildman–Crippen MR) is 99.5 cm³/mol. The standard InChI is InChI=1S/C21H16O10/c1-7(22)11-15(26)18(30-2)21(20(28)29)6-9-13(24)8-4-3-5-10(23)12(8)14(25)17(9)31-19(21)16(11)27/h3-5,18-19,23,26H,6H2,1-2H3,(H,28,29). The van der Waals surface area contributed by atoms with Gasteiger partial charge in [-0.1, -0.05) is 12.1 Å². The third-order valence-corrected chi connectivity index (χ3v) is 5.88. The van der Waals surface area contributed by atoms with Crippen LogP contribution in [0.4, 0.5) is 0 Å². The molecule has 0 saturated carbocycles. The maximum Gasteiger partial charge on any atom is 0.317 e. The summed E-state index contributed by atoms with van der Waals surface area (Å²) in [6, 6.07) is 3.84. The van der Waals surface area contributed by atoms with Gasteiger partial charge < -0.3 is 24.8 Å². The molecule has 3 atom stereocenters. The monoisotopic (exact) mass is 428 g/mol. The smallest absolute Gasteiger partial charge is 0.317 e. The minimum Gasteiger partial charge on any atom is -0.509 e. The van der Waals surface area contributed by atoms with Gasteiger partial charge in [-0.2, -0.15) is 0 Å². The molecule has 0 bridgehead atoms. The van der Waals surface area contributed by atoms with Crippen LogP contribution in [0.1, 0.15) is 34.1 Å². The average Bonchev–Trinajstić information content (AvgIpc) is 2.71. The van der Waals surface area contributed by atoms with Gasteiger partial charge in [0.1, 0.15) is 28.6 Å². The Morgan fingerprint density at radius 3 is 2.42 bits per heavy atom. The number of hydrogen-bond donors (Lipinski definition) is 3. The van der Waals surface area contributed by atoms with E-state index >= 15 is 0 Å². The highest BCUT2D eigenvalue weighted by Gasteiger charge is 2.66. The zero-order valence-corrected chi connectivity index (χ0v) is 16.3. The van der Waals surface area contributed by atoms with Crippen LogP contribution in [0.2, 0.25) is 0 Å². The predicted octanol–water partition coefficient (Wildman–Crippen LogP) is 0.884. The first-order valence-corrected chi connectivity index (χ1v) is 9.13. The van der Waals surface area contributed by atoms with Crippen molar-refractivity contribution in [3.05, 3.63) is 52.0 Å². The number of hydrogen-bond acceptors (Lipinski definition) is 9. The van der Waals surface area contributed by atoms with Crippen LogP contribution < -0.4 is 0 Å². The number of phenols is 1. The Morgan fingerprint density at radius 2 is 1.84 bits per heavy atom. The molecule has 3 unspecified atom stereocenters. The molecule has 0 amide bonds. The van der Waals surface area contributed by atoms with E-state index in [-0.39, 0.29) is 16.7 Å². The van der Waals surface area contributed by atoms with E-state index in [2.05, 4.69) is 0 Å². The van der Waals surface area contributed by atoms with Crippen molar-refractivity contribution in [2.24, 2.45) is 5.41 Å². The number of ketones is 4. The first kappa shape index (κ1) is 20.5. The number of aliphatic hydroxyl groups is 1. The second-order valence-electron chi connectivity index (χ2n) is 7.48. The molecule has 1 aromatic carbocycles. The number of carboxylic acids is 1. The van der Waals surface area contributed by atoms with Crippen molar-refractivity contribution in [2.75, 3.05) is 7.11 Å². The first-order valence-electron chi connectivity index (χ1n) is 9.13. The van der Waals surface area contributed by atoms with E-state index in [0.717, 1.165) is 14.0 Å². The highest BCUT2D eigenvalue weighted by atomic mass is 16.5. The van der Waals surface area contributed by atoms with E-state index < -0.39 is 76.0 Å². The summed E-state index contributed by atoms with van der Waals surface area (Å²) in [6.07, 6.45) is -4.30. The van der Waals surface area contributed by atoms with Gasteiger partial charge in [-0.05, 0) is 13.0 Å². The van der Waals surface area contributed by atoms with Gasteiger partial charge >= 0.3 is 5.97 Å². The zero-order valence-electron chi connectivity index (χ0n) is 16.3. The third-order valence-electron chi connectivity index (χ3n) is 5.88. The summed E-state index contributed by atoms with van der Waals surface area (Å²) in [5.74, 6) is -7.20. The van der Waals surface area contributed by atoms with Gasteiger partial charge in [-0.25, -0.2) is 0 Å². The van der Waals surface area contributed by atoms with Crippen molar-refractivity contribution in [3.8, 4) is 5.75 Å². The Morgan fingerprint density at radius 1 is 1.16 bits per heavy atom. The van der Waals surface area contributed by atoms with Crippen molar-refractivity contribution in [1.82, 2.24) is 0 Å². The fraction of sp³-hybridized carbons (Fsp3) is 0.286. The van der Waals surface area contributed by atoms with Gasteiger partial charge in [-0.15, -0.1) is 0 Å². The highest BCUT2D eigenvalue weighted by Crippen LogP contribution is 2.51. The van der Waals surface area contributed by atoms with Crippen LogP contribution in [0.5, 0.6) is 5.75 Å². The van der Waals surface area contributed by atoms with E-state index in [1.54, 1.807) is 0 Å². The van der Waals surface area contributed by atoms with Crippen LogP contribution in [0.25, 0.3) is 0 Å². The number of carbonyl (C=O) groups excluding carboxylic acids is 4. The number of methoxy groups -OCH3 is 1. The van der Waals surface area contributed by atoms with Gasteiger partial charge in [0.05, 0.1) is 5.56 Å². The normalized spacial score (nSPS) is 27.4. The number of allylic oxidation sites excluding steroid dienone is 2. The maximum absolute atomic E-state index is 13.1. The van der Waals surface area contributed by atoms with Gasteiger partial charge in [-0.3, -0.25) is 24.0 Å². The molecular formula is C21H16O10. The summed E-state index contributed by atoms with van der Waals surface area (Å²) in [5, 5.41) is 30.7. The number of phenolic OH excluding ortho intramolecular Hbond substituents is 1. The van der Waals surface area contributed by atoms with Crippen molar-refractivity contribution in [1.29, 1.82) is 0 Å². The average molecular weight is 428 g/mol. The van der Waals surface area contributed by atoms with E-state index in [9.17, 15) is 39.3 Å². The fourth-order valence-corrected chi connectivity index (χ4v) is 4.50. The molecule has 10 nitrogen and oxygen atoms in total. The summed E-state index contributed by atoms with van der Waals surface area (Å²) in [6.45, 7) is 1.00. The molecule has 0 aromatic heterocycles. The first-order chi connectivity index (χ1) is 14.6. The highest BCUT2D eigenvalue weighted by molar-refractivity contribution is 6.29. The largest absolute Gasteiger partial charge is 0.509 e. The Labute approximate surface area is 174 Å². The molecule has 10 heteroatoms. The molecule has 0 radical (unpaired) electrons. The van der Waals surface area contributed by atoms with E-state index in [1.165, 1.54) is 18.2 Å². The van der Waals surface area contributed by atoms with Crippen molar-refractivity contribution < 1.29 is 48.8 Å².